The first-order valence-corrected chi connectivity index (χ1v) is 2.45. The summed E-state index contributed by atoms with van der Waals surface area (Å²) in [5.41, 5.74) is 0. The second-order valence-electron chi connectivity index (χ2n) is 1.10. The van der Waals surface area contributed by atoms with Crippen molar-refractivity contribution in [2.24, 2.45) is 0 Å². The van der Waals surface area contributed by atoms with Crippen molar-refractivity contribution >= 4 is 6.26 Å². The van der Waals surface area contributed by atoms with Crippen LogP contribution in [0.3, 0.4) is 0 Å². The highest BCUT2D eigenvalue weighted by Gasteiger charge is 1.89. The van der Waals surface area contributed by atoms with Crippen molar-refractivity contribution in [3.8, 4) is 0 Å². The monoisotopic (exact) mass is 176 g/mol. The van der Waals surface area contributed by atoms with Gasteiger partial charge in [-0.1, -0.05) is 45.1 Å². The van der Waals surface area contributed by atoms with Gasteiger partial charge in [0.1, 0.15) is 7.63 Å². The molecular weight excluding hydrogens is 136 g/mol. The van der Waals surface area contributed by atoms with Gasteiger partial charge < -0.3 is 4.79 Å². The molecule has 0 rings (SSSR count). The van der Waals surface area contributed by atoms with Gasteiger partial charge in [-0.3, -0.25) is 0 Å². The second kappa shape index (κ2) is 9.67. The topological polar surface area (TPSA) is 17.1 Å². The van der Waals surface area contributed by atoms with E-state index in [4.69, 9.17) is 27.4 Å². The van der Waals surface area contributed by atoms with Crippen LogP contribution in [0.5, 0.6) is 0 Å². The summed E-state index contributed by atoms with van der Waals surface area (Å²) in [4.78, 5) is 11.2. The van der Waals surface area contributed by atoms with Crippen LogP contribution in [-0.2, 0) is 4.79 Å². The molecule has 0 amide bonds. The van der Waals surface area contributed by atoms with Gasteiger partial charge in [-0.15, -0.1) is 0 Å². The minimum atomic E-state index is -4.56. The highest BCUT2D eigenvalue weighted by Crippen LogP contribution is 2.07. The van der Waals surface area contributed by atoms with E-state index in [9.17, 15) is 4.79 Å². The molecule has 0 spiro atoms. The Hall–Kier alpha value is -0.330. The summed E-state index contributed by atoms with van der Waals surface area (Å²) in [5, 5.41) is 0. The first-order valence-electron chi connectivity index (χ1n) is 12.5. The van der Waals surface area contributed by atoms with Gasteiger partial charge in [0.2, 0.25) is 0 Å². The van der Waals surface area contributed by atoms with Crippen molar-refractivity contribution in [3.05, 3.63) is 0 Å². The van der Waals surface area contributed by atoms with Crippen LogP contribution in [0.4, 0.5) is 0 Å². The van der Waals surface area contributed by atoms with E-state index in [0.717, 1.165) is 0 Å². The quantitative estimate of drug-likeness (QED) is 0.519. The Morgan fingerprint density at radius 3 is 2.55 bits per heavy atom. The van der Waals surface area contributed by atoms with Gasteiger partial charge in [0.25, 0.3) is 0 Å². The largest absolute Gasteiger partial charge is 0.303 e. The molecule has 1 nitrogen and oxygen atoms in total. The highest BCUT2D eigenvalue weighted by molar-refractivity contribution is 5.48. The van der Waals surface area contributed by atoms with E-state index in [0.29, 0.717) is 0 Å². The Kier molecular flexibility index (Phi) is 0.996. The maximum Gasteiger partial charge on any atom is 0.119 e. The molecule has 0 saturated heterocycles. The Labute approximate surface area is 98.3 Å². The predicted octanol–water partition coefficient (Wildman–Crippen LogP) is 3.33. The number of hydrogen-bond donors (Lipinski definition) is 0. The maximum atomic E-state index is 11.2. The number of aldehydes is 1. The molecule has 0 atom stereocenters. The molecule has 0 heterocycles. The van der Waals surface area contributed by atoms with E-state index < -0.39 is 64.1 Å². The molecule has 0 fully saturated rings. The molecule has 11 heavy (non-hydrogen) atoms. The van der Waals surface area contributed by atoms with Crippen LogP contribution in [0.15, 0.2) is 0 Å². The number of hydrogen-bond acceptors (Lipinski definition) is 1. The summed E-state index contributed by atoms with van der Waals surface area (Å²) in [6.45, 7) is -3.89. The van der Waals surface area contributed by atoms with Crippen molar-refractivity contribution in [2.75, 3.05) is 0 Å². The molecule has 1 heteroatoms. The maximum absolute atomic E-state index is 11.2. The van der Waals surface area contributed by atoms with Crippen molar-refractivity contribution < 1.29 is 32.2 Å². The molecule has 66 valence electrons. The van der Waals surface area contributed by atoms with Gasteiger partial charge in [-0.05, 0) is 6.37 Å². The van der Waals surface area contributed by atoms with Gasteiger partial charge in [0.05, 0.1) is 0 Å². The average Bonchev–Trinajstić information content (AvgIpc) is 2.52. The lowest BCUT2D eigenvalue weighted by atomic mass is 10.1. The first kappa shape index (κ1) is 1.13. The van der Waals surface area contributed by atoms with Crippen molar-refractivity contribution in [3.63, 3.8) is 0 Å². The van der Waals surface area contributed by atoms with Crippen molar-refractivity contribution in [2.45, 2.75) is 57.8 Å². The molecule has 0 unspecified atom stereocenters. The Morgan fingerprint density at radius 1 is 1.27 bits per heavy atom. The van der Waals surface area contributed by atoms with Crippen molar-refractivity contribution in [1.82, 2.24) is 0 Å². The van der Waals surface area contributed by atoms with Gasteiger partial charge in [0, 0.05) is 32.4 Å². The average molecular weight is 176 g/mol. The molecule has 0 aromatic heterocycles. The molecule has 0 N–H and O–H groups in total. The molecule has 0 aliphatic rings. The smallest absolute Gasteiger partial charge is 0.119 e. The van der Waals surface area contributed by atoms with E-state index in [1.54, 1.807) is 0 Å². The molecule has 0 aliphatic carbocycles. The third-order valence-electron chi connectivity index (χ3n) is 0.489. The molecule has 0 bridgehead atoms. The van der Waals surface area contributed by atoms with E-state index in [1.807, 2.05) is 0 Å². The highest BCUT2D eigenvalue weighted by atomic mass is 16.1. The number of carbonyl (C=O) groups excluding carboxylic acids is 1. The first-order chi connectivity index (χ1) is 12.9. The third-order valence-corrected chi connectivity index (χ3v) is 0.489. The van der Waals surface area contributed by atoms with Crippen molar-refractivity contribution in [1.29, 1.82) is 0 Å². The van der Waals surface area contributed by atoms with E-state index in [-0.39, 0.29) is 0 Å². The summed E-state index contributed by atoms with van der Waals surface area (Å²) in [6, 6.07) is 0. The predicted molar refractivity (Wildman–Crippen MR) is 48.7 cm³/mol. The summed E-state index contributed by atoms with van der Waals surface area (Å²) >= 11 is 0. The van der Waals surface area contributed by atoms with Gasteiger partial charge in [-0.2, -0.15) is 0 Å². The van der Waals surface area contributed by atoms with Gasteiger partial charge >= 0.3 is 0 Å². The molecule has 0 saturated carbocycles. The minimum Gasteiger partial charge on any atom is -0.303 e. The fraction of sp³-hybridized carbons (Fsp3) is 0.900. The molecule has 0 radical (unpaired) electrons. The molecule has 0 aromatic carbocycles. The standard InChI is InChI=1S/C10H20O/c1-2-3-4-5-6-7-8-9-10-11/h10H,2-9H2,1H3/i1D3,2D2,3D2,4D2,5D2,6D2,7D2,8D2,9D2,10D. The molecule has 0 aromatic rings. The zero-order chi connectivity index (χ0) is 26.1. The molecular formula is C10H20O. The van der Waals surface area contributed by atoms with Crippen LogP contribution in [0.1, 0.15) is 85.3 Å². The lowest BCUT2D eigenvalue weighted by molar-refractivity contribution is -0.107. The zero-order valence-electron chi connectivity index (χ0n) is 25.4. The van der Waals surface area contributed by atoms with Crippen LogP contribution in [-0.4, -0.2) is 6.26 Å². The number of carbonyl (C=O) groups is 1. The van der Waals surface area contributed by atoms with E-state index in [1.165, 1.54) is 0 Å². The molecule has 0 aliphatic heterocycles. The fourth-order valence-corrected chi connectivity index (χ4v) is 0.213. The normalized spacial score (nSPS) is 48.4. The number of rotatable bonds is 8. The Bertz CT molecular complexity index is 697. The second-order valence-corrected chi connectivity index (χ2v) is 1.10. The summed E-state index contributed by atoms with van der Waals surface area (Å²) in [6.07, 6.45) is -37.3. The van der Waals surface area contributed by atoms with Crippen LogP contribution < -0.4 is 0 Å². The van der Waals surface area contributed by atoms with Crippen LogP contribution in [0, 0.1) is 0 Å². The van der Waals surface area contributed by atoms with Crippen LogP contribution in [0.25, 0.3) is 0 Å². The van der Waals surface area contributed by atoms with Crippen LogP contribution in [0.2, 0.25) is 0 Å². The van der Waals surface area contributed by atoms with Gasteiger partial charge in [-0.25, -0.2) is 0 Å². The van der Waals surface area contributed by atoms with E-state index >= 15 is 0 Å². The fourth-order valence-electron chi connectivity index (χ4n) is 0.213. The van der Waals surface area contributed by atoms with Crippen LogP contribution >= 0.6 is 0 Å². The zero-order valence-corrected chi connectivity index (χ0v) is 5.41. The van der Waals surface area contributed by atoms with E-state index in [2.05, 4.69) is 0 Å². The Morgan fingerprint density at radius 2 is 1.91 bits per heavy atom. The summed E-state index contributed by atoms with van der Waals surface area (Å²) in [7, 11) is 0. The summed E-state index contributed by atoms with van der Waals surface area (Å²) in [5.74, 6) is 0. The SMILES string of the molecule is [2H]C(=O)C([2H])([2H])C([2H])([2H])C([2H])([2H])C([2H])([2H])C([2H])([2H])C([2H])([2H])C([2H])([2H])C([2H])([2H])C([2H])([2H])[2H]. The third kappa shape index (κ3) is 9.67. The lowest BCUT2D eigenvalue weighted by Crippen LogP contribution is -1.80. The van der Waals surface area contributed by atoms with Gasteiger partial charge in [0.15, 0.2) is 0 Å². The summed E-state index contributed by atoms with van der Waals surface area (Å²) < 4.78 is 150. The minimum absolute atomic E-state index is 2.35. The lowest BCUT2D eigenvalue weighted by Gasteiger charge is -1.97. The Balaban J connectivity index is 6.95.